The molecule has 3 nitrogen and oxygen atoms in total. The van der Waals surface area contributed by atoms with Gasteiger partial charge in [0.15, 0.2) is 0 Å². The molecule has 0 amide bonds. The molecule has 0 spiro atoms. The van der Waals surface area contributed by atoms with E-state index in [0.717, 1.165) is 24.7 Å². The molecule has 2 aliphatic rings. The lowest BCUT2D eigenvalue weighted by Gasteiger charge is -2.43. The highest BCUT2D eigenvalue weighted by atomic mass is 16.4. The summed E-state index contributed by atoms with van der Waals surface area (Å²) in [5, 5.41) is 9.06. The monoisotopic (exact) mass is 239 g/mol. The molecule has 3 atom stereocenters. The number of carboxylic acid groups (broad SMARTS) is 1. The first kappa shape index (κ1) is 12.9. The highest BCUT2D eigenvalue weighted by Crippen LogP contribution is 2.48. The van der Waals surface area contributed by atoms with Crippen molar-refractivity contribution in [3.05, 3.63) is 0 Å². The first-order chi connectivity index (χ1) is 8.15. The molecule has 3 N–H and O–H groups in total. The van der Waals surface area contributed by atoms with Gasteiger partial charge in [-0.2, -0.15) is 0 Å². The van der Waals surface area contributed by atoms with Gasteiger partial charge in [0.05, 0.1) is 6.42 Å². The van der Waals surface area contributed by atoms with E-state index in [4.69, 9.17) is 10.8 Å². The Balaban J connectivity index is 2.04. The summed E-state index contributed by atoms with van der Waals surface area (Å²) in [5.74, 6) is 0.919. The number of hydrogen-bond acceptors (Lipinski definition) is 2. The van der Waals surface area contributed by atoms with Crippen LogP contribution in [0.5, 0.6) is 0 Å². The predicted molar refractivity (Wildman–Crippen MR) is 67.7 cm³/mol. The zero-order valence-electron chi connectivity index (χ0n) is 10.7. The van der Waals surface area contributed by atoms with Crippen LogP contribution in [-0.2, 0) is 4.79 Å². The van der Waals surface area contributed by atoms with Gasteiger partial charge in [0.1, 0.15) is 0 Å². The van der Waals surface area contributed by atoms with Crippen LogP contribution in [0.1, 0.15) is 57.8 Å². The number of carbonyl (C=O) groups is 1. The molecule has 98 valence electrons. The minimum atomic E-state index is -0.678. The lowest BCUT2D eigenvalue weighted by Crippen LogP contribution is -2.40. The van der Waals surface area contributed by atoms with Gasteiger partial charge in [-0.25, -0.2) is 0 Å². The van der Waals surface area contributed by atoms with Crippen molar-refractivity contribution in [2.45, 2.75) is 57.8 Å². The van der Waals surface area contributed by atoms with Crippen LogP contribution >= 0.6 is 0 Å². The molecule has 2 rings (SSSR count). The zero-order chi connectivity index (χ0) is 12.3. The second-order valence-corrected chi connectivity index (χ2v) is 6.18. The molecule has 1 unspecified atom stereocenters. The zero-order valence-corrected chi connectivity index (χ0v) is 10.7. The van der Waals surface area contributed by atoms with Crippen LogP contribution in [0.25, 0.3) is 0 Å². The number of fused-ring (bicyclic) bond motifs is 1. The molecule has 0 aromatic carbocycles. The fraction of sp³-hybridized carbons (Fsp3) is 0.929. The Morgan fingerprint density at radius 2 is 1.88 bits per heavy atom. The van der Waals surface area contributed by atoms with Crippen LogP contribution in [0, 0.1) is 17.3 Å². The van der Waals surface area contributed by atoms with Crippen molar-refractivity contribution in [3.8, 4) is 0 Å². The van der Waals surface area contributed by atoms with Crippen molar-refractivity contribution < 1.29 is 9.90 Å². The first-order valence-electron chi connectivity index (χ1n) is 7.07. The van der Waals surface area contributed by atoms with E-state index in [9.17, 15) is 4.79 Å². The Labute approximate surface area is 104 Å². The Morgan fingerprint density at radius 3 is 2.53 bits per heavy atom. The first-order valence-corrected chi connectivity index (χ1v) is 7.07. The van der Waals surface area contributed by atoms with Crippen molar-refractivity contribution in [3.63, 3.8) is 0 Å². The second-order valence-electron chi connectivity index (χ2n) is 6.18. The summed E-state index contributed by atoms with van der Waals surface area (Å²) in [4.78, 5) is 11.0. The summed E-state index contributed by atoms with van der Waals surface area (Å²) in [6.45, 7) is 0.544. The molecule has 0 aromatic rings. The van der Waals surface area contributed by atoms with Crippen LogP contribution in [0.15, 0.2) is 0 Å². The molecule has 2 aliphatic carbocycles. The Kier molecular flexibility index (Phi) is 4.08. The summed E-state index contributed by atoms with van der Waals surface area (Å²) in [7, 11) is 0. The predicted octanol–water partition coefficient (Wildman–Crippen LogP) is 2.79. The fourth-order valence-corrected chi connectivity index (χ4v) is 4.00. The van der Waals surface area contributed by atoms with Gasteiger partial charge in [-0.3, -0.25) is 4.79 Å². The normalized spacial score (nSPS) is 38.2. The minimum absolute atomic E-state index is 0.0999. The highest BCUT2D eigenvalue weighted by Gasteiger charge is 2.41. The maximum Gasteiger partial charge on any atom is 0.303 e. The number of carboxylic acids is 1. The molecule has 0 radical (unpaired) electrons. The van der Waals surface area contributed by atoms with Crippen LogP contribution in [0.4, 0.5) is 0 Å². The van der Waals surface area contributed by atoms with E-state index in [1.165, 1.54) is 38.5 Å². The minimum Gasteiger partial charge on any atom is -0.481 e. The van der Waals surface area contributed by atoms with E-state index in [1.54, 1.807) is 0 Å². The molecular weight excluding hydrogens is 214 g/mol. The molecule has 0 saturated heterocycles. The smallest absolute Gasteiger partial charge is 0.303 e. The van der Waals surface area contributed by atoms with Crippen molar-refractivity contribution in [2.75, 3.05) is 6.54 Å². The van der Waals surface area contributed by atoms with Gasteiger partial charge in [-0.05, 0) is 43.1 Å². The summed E-state index contributed by atoms with van der Waals surface area (Å²) in [6.07, 6.45) is 10.3. The van der Waals surface area contributed by atoms with Gasteiger partial charge in [0, 0.05) is 0 Å². The van der Waals surface area contributed by atoms with Crippen molar-refractivity contribution >= 4 is 5.97 Å². The van der Waals surface area contributed by atoms with E-state index < -0.39 is 5.97 Å². The topological polar surface area (TPSA) is 63.3 Å². The second kappa shape index (κ2) is 5.38. The fourth-order valence-electron chi connectivity index (χ4n) is 4.00. The van der Waals surface area contributed by atoms with Crippen LogP contribution < -0.4 is 5.73 Å². The Hall–Kier alpha value is -0.570. The lowest BCUT2D eigenvalue weighted by molar-refractivity contribution is -0.140. The average Bonchev–Trinajstić information content (AvgIpc) is 2.52. The molecule has 2 fully saturated rings. The summed E-state index contributed by atoms with van der Waals surface area (Å²) >= 11 is 0. The highest BCUT2D eigenvalue weighted by molar-refractivity contribution is 5.67. The van der Waals surface area contributed by atoms with Crippen molar-refractivity contribution in [1.82, 2.24) is 0 Å². The van der Waals surface area contributed by atoms with Gasteiger partial charge in [0.2, 0.25) is 0 Å². The van der Waals surface area contributed by atoms with Crippen LogP contribution in [0.2, 0.25) is 0 Å². The van der Waals surface area contributed by atoms with E-state index in [-0.39, 0.29) is 11.8 Å². The van der Waals surface area contributed by atoms with Crippen molar-refractivity contribution in [2.24, 2.45) is 23.0 Å². The van der Waals surface area contributed by atoms with Gasteiger partial charge < -0.3 is 10.8 Å². The van der Waals surface area contributed by atoms with E-state index >= 15 is 0 Å². The molecule has 0 aliphatic heterocycles. The molecule has 2 saturated carbocycles. The average molecular weight is 239 g/mol. The largest absolute Gasteiger partial charge is 0.481 e. The molecule has 0 aromatic heterocycles. The third-order valence-corrected chi connectivity index (χ3v) is 5.02. The molecule has 17 heavy (non-hydrogen) atoms. The van der Waals surface area contributed by atoms with Crippen molar-refractivity contribution in [1.29, 1.82) is 0 Å². The molecular formula is C14H25NO2. The molecule has 0 bridgehead atoms. The summed E-state index contributed by atoms with van der Waals surface area (Å²) in [6, 6.07) is 0. The Bertz CT molecular complexity index is 279. The number of nitrogens with two attached hydrogens (primary N) is 1. The van der Waals surface area contributed by atoms with Gasteiger partial charge >= 0.3 is 5.97 Å². The lowest BCUT2D eigenvalue weighted by atomic mass is 9.62. The molecule has 3 heteroatoms. The van der Waals surface area contributed by atoms with Gasteiger partial charge in [-0.1, -0.05) is 32.1 Å². The number of hydrogen-bond donors (Lipinski definition) is 2. The summed E-state index contributed by atoms with van der Waals surface area (Å²) < 4.78 is 0. The van der Waals surface area contributed by atoms with Crippen LogP contribution in [-0.4, -0.2) is 17.6 Å². The van der Waals surface area contributed by atoms with Gasteiger partial charge in [-0.15, -0.1) is 0 Å². The number of rotatable bonds is 3. The van der Waals surface area contributed by atoms with E-state index in [1.807, 2.05) is 0 Å². The quantitative estimate of drug-likeness (QED) is 0.796. The third kappa shape index (κ3) is 3.01. The van der Waals surface area contributed by atoms with E-state index in [2.05, 4.69) is 0 Å². The number of aliphatic carboxylic acids is 1. The SMILES string of the molecule is NC[C@]1(CC(=O)O)CCC2CCCCC[C@@H]2C1. The van der Waals surface area contributed by atoms with Crippen LogP contribution in [0.3, 0.4) is 0 Å². The van der Waals surface area contributed by atoms with Gasteiger partial charge in [0.25, 0.3) is 0 Å². The maximum absolute atomic E-state index is 11.0. The summed E-state index contributed by atoms with van der Waals surface area (Å²) in [5.41, 5.74) is 5.78. The Morgan fingerprint density at radius 1 is 1.18 bits per heavy atom. The third-order valence-electron chi connectivity index (χ3n) is 5.02. The molecule has 0 heterocycles. The van der Waals surface area contributed by atoms with E-state index in [0.29, 0.717) is 6.54 Å². The maximum atomic E-state index is 11.0. The standard InChI is InChI=1S/C14H25NO2/c15-10-14(9-13(16)17)7-6-11-4-2-1-3-5-12(11)8-14/h11-12H,1-10,15H2,(H,16,17)/t11?,12-,14-/m1/s1.